The number of fused-ring (bicyclic) bond motifs is 1. The first-order valence-corrected chi connectivity index (χ1v) is 11.2. The summed E-state index contributed by atoms with van der Waals surface area (Å²) in [5.41, 5.74) is 3.65. The van der Waals surface area contributed by atoms with E-state index >= 15 is 0 Å². The number of H-pyrrole nitrogens is 1. The highest BCUT2D eigenvalue weighted by Crippen LogP contribution is 2.38. The largest absolute Gasteiger partial charge is 0.504 e. The standard InChI is InChI=1S/C25H23F2N5O4/c1-31(16-9-21(33)23(35)22(34)10-16)24(36)20-11-19-18(30-20)3-2-17(29-19)14-4-6-28-15(8-14)12-32-7-5-25(26,27)13-32/h2-4,6,8-11,30,33-35H,5,7,12-13H2,1H3. The van der Waals surface area contributed by atoms with Gasteiger partial charge in [0.05, 0.1) is 34.7 Å². The van der Waals surface area contributed by atoms with Crippen molar-refractivity contribution in [2.24, 2.45) is 0 Å². The Morgan fingerprint density at radius 2 is 1.89 bits per heavy atom. The van der Waals surface area contributed by atoms with Crippen LogP contribution in [0.25, 0.3) is 22.3 Å². The SMILES string of the molecule is CN(C(=O)c1cc2nc(-c3ccnc(CN4CCC(F)(F)C4)c3)ccc2[nH]1)c1cc(O)c(O)c(O)c1. The van der Waals surface area contributed by atoms with Crippen molar-refractivity contribution in [3.8, 4) is 28.5 Å². The Hall–Kier alpha value is -4.25. The van der Waals surface area contributed by atoms with Crippen LogP contribution in [-0.2, 0) is 6.54 Å². The van der Waals surface area contributed by atoms with Crippen molar-refractivity contribution in [3.05, 3.63) is 60.0 Å². The maximum Gasteiger partial charge on any atom is 0.274 e. The number of alkyl halides is 2. The van der Waals surface area contributed by atoms with E-state index in [4.69, 9.17) is 0 Å². The van der Waals surface area contributed by atoms with Crippen LogP contribution in [0.2, 0.25) is 0 Å². The Bertz CT molecular complexity index is 1450. The molecular formula is C25H23F2N5O4. The average Bonchev–Trinajstić information content (AvgIpc) is 3.43. The molecule has 186 valence electrons. The lowest BCUT2D eigenvalue weighted by molar-refractivity contribution is 0.0114. The molecule has 1 aliphatic heterocycles. The number of benzene rings is 1. The van der Waals surface area contributed by atoms with Gasteiger partial charge >= 0.3 is 0 Å². The van der Waals surface area contributed by atoms with Crippen molar-refractivity contribution in [2.45, 2.75) is 18.9 Å². The third-order valence-electron chi connectivity index (χ3n) is 6.20. The molecule has 1 saturated heterocycles. The highest BCUT2D eigenvalue weighted by Gasteiger charge is 2.38. The number of likely N-dealkylation sites (tertiary alicyclic amines) is 1. The number of pyridine rings is 2. The van der Waals surface area contributed by atoms with E-state index in [1.165, 1.54) is 11.9 Å². The van der Waals surface area contributed by atoms with Gasteiger partial charge in [0, 0.05) is 50.5 Å². The average molecular weight is 495 g/mol. The second kappa shape index (κ2) is 8.76. The number of nitrogens with one attached hydrogen (secondary N) is 1. The molecule has 4 heterocycles. The fourth-order valence-electron chi connectivity index (χ4n) is 4.26. The minimum Gasteiger partial charge on any atom is -0.504 e. The number of hydrogen-bond acceptors (Lipinski definition) is 7. The van der Waals surface area contributed by atoms with E-state index in [0.29, 0.717) is 35.5 Å². The lowest BCUT2D eigenvalue weighted by atomic mass is 10.1. The van der Waals surface area contributed by atoms with Crippen molar-refractivity contribution in [1.29, 1.82) is 0 Å². The van der Waals surface area contributed by atoms with Gasteiger partial charge in [-0.15, -0.1) is 0 Å². The van der Waals surface area contributed by atoms with Gasteiger partial charge < -0.3 is 25.2 Å². The number of anilines is 1. The van der Waals surface area contributed by atoms with Crippen LogP contribution >= 0.6 is 0 Å². The predicted molar refractivity (Wildman–Crippen MR) is 128 cm³/mol. The Morgan fingerprint density at radius 1 is 1.14 bits per heavy atom. The fraction of sp³-hybridized carbons (Fsp3) is 0.240. The molecule has 0 spiro atoms. The molecule has 1 aromatic carbocycles. The Kier molecular flexibility index (Phi) is 5.71. The molecule has 0 saturated carbocycles. The summed E-state index contributed by atoms with van der Waals surface area (Å²) in [6.45, 7) is 0.366. The quantitative estimate of drug-likeness (QED) is 0.310. The predicted octanol–water partition coefficient (Wildman–Crippen LogP) is 3.86. The first kappa shape index (κ1) is 23.5. The molecular weight excluding hydrogens is 472 g/mol. The summed E-state index contributed by atoms with van der Waals surface area (Å²) in [6.07, 6.45) is 1.47. The van der Waals surface area contributed by atoms with Crippen LogP contribution in [0.5, 0.6) is 17.2 Å². The number of carbonyl (C=O) groups is 1. The van der Waals surface area contributed by atoms with Gasteiger partial charge in [0.15, 0.2) is 17.2 Å². The molecule has 36 heavy (non-hydrogen) atoms. The van der Waals surface area contributed by atoms with Crippen LogP contribution in [0.3, 0.4) is 0 Å². The minimum atomic E-state index is -2.66. The third-order valence-corrected chi connectivity index (χ3v) is 6.20. The first-order valence-electron chi connectivity index (χ1n) is 11.2. The molecule has 0 unspecified atom stereocenters. The zero-order valence-corrected chi connectivity index (χ0v) is 19.2. The van der Waals surface area contributed by atoms with Crippen molar-refractivity contribution in [3.63, 3.8) is 0 Å². The summed E-state index contributed by atoms with van der Waals surface area (Å²) in [4.78, 5) is 27.9. The second-order valence-electron chi connectivity index (χ2n) is 8.86. The molecule has 1 amide bonds. The van der Waals surface area contributed by atoms with Gasteiger partial charge in [0.1, 0.15) is 5.69 Å². The van der Waals surface area contributed by atoms with Gasteiger partial charge in [-0.2, -0.15) is 0 Å². The van der Waals surface area contributed by atoms with Crippen molar-refractivity contribution >= 4 is 22.6 Å². The van der Waals surface area contributed by atoms with Crippen LogP contribution in [0, 0.1) is 0 Å². The minimum absolute atomic E-state index is 0.149. The third kappa shape index (κ3) is 4.52. The van der Waals surface area contributed by atoms with Gasteiger partial charge in [-0.25, -0.2) is 13.8 Å². The molecule has 3 aromatic heterocycles. The number of aromatic nitrogens is 3. The zero-order valence-electron chi connectivity index (χ0n) is 19.2. The Balaban J connectivity index is 1.38. The van der Waals surface area contributed by atoms with Crippen LogP contribution in [0.4, 0.5) is 14.5 Å². The second-order valence-corrected chi connectivity index (χ2v) is 8.86. The van der Waals surface area contributed by atoms with Crippen LogP contribution in [0.1, 0.15) is 22.6 Å². The van der Waals surface area contributed by atoms with E-state index in [1.54, 1.807) is 35.4 Å². The summed E-state index contributed by atoms with van der Waals surface area (Å²) in [7, 11) is 1.46. The number of rotatable bonds is 5. The highest BCUT2D eigenvalue weighted by molar-refractivity contribution is 6.07. The van der Waals surface area contributed by atoms with E-state index in [1.807, 2.05) is 6.07 Å². The summed E-state index contributed by atoms with van der Waals surface area (Å²) < 4.78 is 27.0. The number of amides is 1. The summed E-state index contributed by atoms with van der Waals surface area (Å²) in [6, 6.07) is 11.1. The van der Waals surface area contributed by atoms with Crippen molar-refractivity contribution in [2.75, 3.05) is 25.0 Å². The molecule has 5 rings (SSSR count). The van der Waals surface area contributed by atoms with Gasteiger partial charge in [0.25, 0.3) is 11.8 Å². The summed E-state index contributed by atoms with van der Waals surface area (Å²) in [5, 5.41) is 29.0. The Labute approximate surface area is 204 Å². The number of hydrogen-bond donors (Lipinski definition) is 4. The topological polar surface area (TPSA) is 126 Å². The Morgan fingerprint density at radius 3 is 2.58 bits per heavy atom. The molecule has 4 N–H and O–H groups in total. The lowest BCUT2D eigenvalue weighted by Gasteiger charge is -2.17. The highest BCUT2D eigenvalue weighted by atomic mass is 19.3. The number of halogens is 2. The molecule has 1 fully saturated rings. The molecule has 11 heteroatoms. The van der Waals surface area contributed by atoms with Crippen LogP contribution in [-0.4, -0.2) is 67.1 Å². The van der Waals surface area contributed by atoms with Crippen molar-refractivity contribution in [1.82, 2.24) is 19.9 Å². The number of aromatic amines is 1. The summed E-state index contributed by atoms with van der Waals surface area (Å²) >= 11 is 0. The van der Waals surface area contributed by atoms with E-state index in [0.717, 1.165) is 17.7 Å². The van der Waals surface area contributed by atoms with E-state index in [9.17, 15) is 28.9 Å². The number of phenolic OH excluding ortho intramolecular Hbond substituents is 3. The smallest absolute Gasteiger partial charge is 0.274 e. The van der Waals surface area contributed by atoms with E-state index in [2.05, 4.69) is 15.0 Å². The number of phenols is 3. The number of nitrogens with zero attached hydrogens (tertiary/aromatic N) is 4. The van der Waals surface area contributed by atoms with E-state index < -0.39 is 29.1 Å². The maximum atomic E-state index is 13.5. The molecule has 9 nitrogen and oxygen atoms in total. The monoisotopic (exact) mass is 495 g/mol. The zero-order chi connectivity index (χ0) is 25.6. The number of aromatic hydroxyl groups is 3. The van der Waals surface area contributed by atoms with Gasteiger partial charge in [-0.1, -0.05) is 0 Å². The van der Waals surface area contributed by atoms with Crippen LogP contribution < -0.4 is 4.90 Å². The molecule has 0 aliphatic carbocycles. The summed E-state index contributed by atoms with van der Waals surface area (Å²) in [5.74, 6) is -4.89. The van der Waals surface area contributed by atoms with Crippen molar-refractivity contribution < 1.29 is 28.9 Å². The van der Waals surface area contributed by atoms with Gasteiger partial charge in [-0.3, -0.25) is 14.7 Å². The van der Waals surface area contributed by atoms with E-state index in [-0.39, 0.29) is 24.3 Å². The lowest BCUT2D eigenvalue weighted by Crippen LogP contribution is -2.26. The first-order chi connectivity index (χ1) is 17.1. The molecule has 4 aromatic rings. The number of carbonyl (C=O) groups excluding carboxylic acids is 1. The molecule has 1 aliphatic rings. The fourth-order valence-corrected chi connectivity index (χ4v) is 4.26. The van der Waals surface area contributed by atoms with Gasteiger partial charge in [0.2, 0.25) is 0 Å². The van der Waals surface area contributed by atoms with Gasteiger partial charge in [-0.05, 0) is 30.3 Å². The maximum absolute atomic E-state index is 13.5. The molecule has 0 bridgehead atoms. The molecule has 0 atom stereocenters. The van der Waals surface area contributed by atoms with Crippen LogP contribution in [0.15, 0.2) is 48.7 Å². The molecule has 0 radical (unpaired) electrons. The normalized spacial score (nSPS) is 15.4.